The number of benzene rings is 8. The highest BCUT2D eigenvalue weighted by Crippen LogP contribution is 2.42. The monoisotopic (exact) mass is 610 g/mol. The molecule has 2 heteroatoms. The zero-order valence-corrected chi connectivity index (χ0v) is 26.2. The summed E-state index contributed by atoms with van der Waals surface area (Å²) in [5.41, 5.74) is 12.1. The van der Waals surface area contributed by atoms with Crippen LogP contribution in [0.5, 0.6) is 0 Å². The summed E-state index contributed by atoms with van der Waals surface area (Å²) < 4.78 is 4.88. The molecular weight excluding hydrogens is 581 g/mol. The maximum atomic E-state index is 2.48. The van der Waals surface area contributed by atoms with Gasteiger partial charge in [0.05, 0.1) is 22.1 Å². The molecule has 0 saturated carbocycles. The summed E-state index contributed by atoms with van der Waals surface area (Å²) >= 11 is 0. The van der Waals surface area contributed by atoms with E-state index in [-0.39, 0.29) is 0 Å². The molecule has 0 N–H and O–H groups in total. The maximum Gasteiger partial charge on any atom is 0.0641 e. The highest BCUT2D eigenvalue weighted by atomic mass is 15.0. The maximum absolute atomic E-state index is 2.48. The molecule has 10 rings (SSSR count). The van der Waals surface area contributed by atoms with E-state index in [0.29, 0.717) is 0 Å². The first-order valence-electron chi connectivity index (χ1n) is 16.5. The molecule has 2 aromatic heterocycles. The Morgan fingerprint density at radius 2 is 0.854 bits per heavy atom. The molecule has 0 aliphatic rings. The van der Waals surface area contributed by atoms with Gasteiger partial charge < -0.3 is 9.13 Å². The van der Waals surface area contributed by atoms with E-state index in [4.69, 9.17) is 0 Å². The van der Waals surface area contributed by atoms with Gasteiger partial charge in [-0.15, -0.1) is 0 Å². The van der Waals surface area contributed by atoms with Crippen LogP contribution in [0.4, 0.5) is 0 Å². The van der Waals surface area contributed by atoms with Crippen molar-refractivity contribution in [2.75, 3.05) is 0 Å². The van der Waals surface area contributed by atoms with Crippen LogP contribution >= 0.6 is 0 Å². The predicted octanol–water partition coefficient (Wildman–Crippen LogP) is 12.4. The Labute approximate surface area is 278 Å². The molecule has 224 valence electrons. The fourth-order valence-corrected chi connectivity index (χ4v) is 7.67. The lowest BCUT2D eigenvalue weighted by atomic mass is 9.98. The number of aromatic nitrogens is 2. The Morgan fingerprint density at radius 1 is 0.292 bits per heavy atom. The van der Waals surface area contributed by atoms with E-state index < -0.39 is 0 Å². The molecule has 2 nitrogen and oxygen atoms in total. The quantitative estimate of drug-likeness (QED) is 0.188. The molecule has 0 fully saturated rings. The Hall–Kier alpha value is -6.38. The average molecular weight is 611 g/mol. The minimum Gasteiger partial charge on any atom is -0.309 e. The van der Waals surface area contributed by atoms with Crippen LogP contribution in [-0.2, 0) is 0 Å². The van der Waals surface area contributed by atoms with Crippen LogP contribution in [-0.4, -0.2) is 9.13 Å². The van der Waals surface area contributed by atoms with Crippen molar-refractivity contribution in [3.63, 3.8) is 0 Å². The molecule has 2 heterocycles. The fraction of sp³-hybridized carbons (Fsp3) is 0. The largest absolute Gasteiger partial charge is 0.309 e. The van der Waals surface area contributed by atoms with Crippen molar-refractivity contribution >= 4 is 54.4 Å². The summed E-state index contributed by atoms with van der Waals surface area (Å²) in [6.07, 6.45) is 0. The second-order valence-corrected chi connectivity index (χ2v) is 12.6. The fourth-order valence-electron chi connectivity index (χ4n) is 7.67. The van der Waals surface area contributed by atoms with E-state index >= 15 is 0 Å². The van der Waals surface area contributed by atoms with Crippen LogP contribution in [0.15, 0.2) is 182 Å². The number of nitrogens with zero attached hydrogens (tertiary/aromatic N) is 2. The van der Waals surface area contributed by atoms with E-state index in [1.54, 1.807) is 0 Å². The van der Waals surface area contributed by atoms with E-state index in [0.717, 1.165) is 5.69 Å². The van der Waals surface area contributed by atoms with Crippen molar-refractivity contribution in [3.8, 4) is 33.6 Å². The molecular formula is C46H30N2. The van der Waals surface area contributed by atoms with Crippen LogP contribution < -0.4 is 0 Å². The highest BCUT2D eigenvalue weighted by Gasteiger charge is 2.20. The highest BCUT2D eigenvalue weighted by molar-refractivity contribution is 6.26. The molecule has 0 radical (unpaired) electrons. The van der Waals surface area contributed by atoms with Gasteiger partial charge in [-0.1, -0.05) is 133 Å². The molecule has 0 bridgehead atoms. The van der Waals surface area contributed by atoms with E-state index in [1.807, 2.05) is 0 Å². The smallest absolute Gasteiger partial charge is 0.0641 e. The van der Waals surface area contributed by atoms with Gasteiger partial charge >= 0.3 is 0 Å². The summed E-state index contributed by atoms with van der Waals surface area (Å²) in [6.45, 7) is 0. The third kappa shape index (κ3) is 4.06. The number of fused-ring (bicyclic) bond motifs is 8. The summed E-state index contributed by atoms with van der Waals surface area (Å²) in [6, 6.07) is 66.1. The van der Waals surface area contributed by atoms with Crippen molar-refractivity contribution < 1.29 is 0 Å². The van der Waals surface area contributed by atoms with Crippen LogP contribution in [0.25, 0.3) is 88.0 Å². The van der Waals surface area contributed by atoms with Gasteiger partial charge in [0.15, 0.2) is 0 Å². The third-order valence-electron chi connectivity index (χ3n) is 9.89. The van der Waals surface area contributed by atoms with Crippen LogP contribution in [0, 0.1) is 0 Å². The van der Waals surface area contributed by atoms with Gasteiger partial charge in [-0.2, -0.15) is 0 Å². The van der Waals surface area contributed by atoms with Crippen molar-refractivity contribution in [2.24, 2.45) is 0 Å². The zero-order chi connectivity index (χ0) is 31.6. The molecule has 10 aromatic rings. The second-order valence-electron chi connectivity index (χ2n) is 12.6. The summed E-state index contributed by atoms with van der Waals surface area (Å²) in [4.78, 5) is 0. The lowest BCUT2D eigenvalue weighted by molar-refractivity contribution is 1.18. The minimum absolute atomic E-state index is 1.16. The van der Waals surface area contributed by atoms with E-state index in [1.165, 1.54) is 82.3 Å². The normalized spacial score (nSPS) is 11.8. The molecule has 0 atom stereocenters. The summed E-state index contributed by atoms with van der Waals surface area (Å²) in [5.74, 6) is 0. The van der Waals surface area contributed by atoms with E-state index in [9.17, 15) is 0 Å². The van der Waals surface area contributed by atoms with Crippen molar-refractivity contribution in [1.82, 2.24) is 9.13 Å². The number of hydrogen-bond acceptors (Lipinski definition) is 0. The molecule has 8 aromatic carbocycles. The predicted molar refractivity (Wildman–Crippen MR) is 203 cm³/mol. The van der Waals surface area contributed by atoms with Gasteiger partial charge in [0, 0.05) is 32.9 Å². The molecule has 48 heavy (non-hydrogen) atoms. The van der Waals surface area contributed by atoms with Gasteiger partial charge in [-0.05, 0) is 81.6 Å². The number of rotatable bonds is 4. The van der Waals surface area contributed by atoms with Crippen molar-refractivity contribution in [1.29, 1.82) is 0 Å². The average Bonchev–Trinajstić information content (AvgIpc) is 3.68. The first-order chi connectivity index (χ1) is 23.8. The number of hydrogen-bond donors (Lipinski definition) is 0. The van der Waals surface area contributed by atoms with Gasteiger partial charge in [0.2, 0.25) is 0 Å². The third-order valence-corrected chi connectivity index (χ3v) is 9.89. The van der Waals surface area contributed by atoms with Crippen LogP contribution in [0.3, 0.4) is 0 Å². The molecule has 0 amide bonds. The lowest BCUT2D eigenvalue weighted by Crippen LogP contribution is -1.95. The Kier molecular flexibility index (Phi) is 5.91. The van der Waals surface area contributed by atoms with Crippen LogP contribution in [0.2, 0.25) is 0 Å². The molecule has 0 saturated heterocycles. The van der Waals surface area contributed by atoms with Gasteiger partial charge in [0.1, 0.15) is 0 Å². The topological polar surface area (TPSA) is 9.86 Å². The van der Waals surface area contributed by atoms with Gasteiger partial charge in [-0.3, -0.25) is 0 Å². The lowest BCUT2D eigenvalue weighted by Gasteiger charge is -2.12. The zero-order valence-electron chi connectivity index (χ0n) is 26.2. The Balaban J connectivity index is 1.17. The van der Waals surface area contributed by atoms with Gasteiger partial charge in [0.25, 0.3) is 0 Å². The Bertz CT molecular complexity index is 2800. The summed E-state index contributed by atoms with van der Waals surface area (Å²) in [5, 5.41) is 7.52. The molecule has 0 aliphatic heterocycles. The number of para-hydroxylation sites is 3. The Morgan fingerprint density at radius 3 is 1.62 bits per heavy atom. The van der Waals surface area contributed by atoms with E-state index in [2.05, 4.69) is 191 Å². The van der Waals surface area contributed by atoms with Gasteiger partial charge in [-0.25, -0.2) is 0 Å². The first kappa shape index (κ1) is 26.8. The van der Waals surface area contributed by atoms with Crippen LogP contribution in [0.1, 0.15) is 0 Å². The minimum atomic E-state index is 1.16. The van der Waals surface area contributed by atoms with Crippen molar-refractivity contribution in [2.45, 2.75) is 0 Å². The summed E-state index contributed by atoms with van der Waals surface area (Å²) in [7, 11) is 0. The standard InChI is InChI=1S/C46H30N2/c1-3-11-31(12-4-1)32-19-21-33(22-20-32)34-23-24-36-30-38(26-25-35(36)29-34)48-42-17-9-7-15-39(42)40-27-28-44-45(46(40)48)41-16-8-10-18-43(41)47(44)37-13-5-2-6-14-37/h1-30H. The second kappa shape index (κ2) is 10.6. The SMILES string of the molecule is c1ccc(-c2ccc(-c3ccc4cc(-n5c6ccccc6c6ccc7c(c8ccccc8n7-c7ccccc7)c65)ccc4c3)cc2)cc1. The van der Waals surface area contributed by atoms with Crippen molar-refractivity contribution in [3.05, 3.63) is 182 Å². The molecule has 0 aliphatic carbocycles. The first-order valence-corrected chi connectivity index (χ1v) is 16.5. The molecule has 0 unspecified atom stereocenters. The molecule has 0 spiro atoms.